The van der Waals surface area contributed by atoms with Gasteiger partial charge in [0.1, 0.15) is 15.6 Å². The number of allylic oxidation sites excluding steroid dienone is 4. The second-order valence-corrected chi connectivity index (χ2v) is 15.8. The number of piperazine rings is 1. The number of rotatable bonds is 7. The number of aromatic carboxylic acids is 1. The summed E-state index contributed by atoms with van der Waals surface area (Å²) in [5.74, 6) is -0.760. The van der Waals surface area contributed by atoms with Crippen LogP contribution in [0, 0.1) is 5.92 Å². The molecular weight excluding hydrogens is 624 g/mol. The third kappa shape index (κ3) is 5.49. The second kappa shape index (κ2) is 11.9. The van der Waals surface area contributed by atoms with Gasteiger partial charge in [-0.1, -0.05) is 37.5 Å². The van der Waals surface area contributed by atoms with Crippen molar-refractivity contribution in [1.29, 1.82) is 0 Å². The summed E-state index contributed by atoms with van der Waals surface area (Å²) < 4.78 is 34.8. The maximum atomic E-state index is 14.0. The maximum absolute atomic E-state index is 14.0. The summed E-state index contributed by atoms with van der Waals surface area (Å²) in [5, 5.41) is 10.1. The quantitative estimate of drug-likeness (QED) is 0.423. The number of thiophene rings is 1. The fourth-order valence-corrected chi connectivity index (χ4v) is 9.82. The number of amides is 1. The highest BCUT2D eigenvalue weighted by molar-refractivity contribution is 7.89. The Morgan fingerprint density at radius 3 is 2.61 bits per heavy atom. The molecule has 1 saturated carbocycles. The van der Waals surface area contributed by atoms with Crippen molar-refractivity contribution in [2.45, 2.75) is 73.4 Å². The number of carbonyl (C=O) groups excluding carboxylic acids is 1. The topological polar surface area (TPSA) is 120 Å². The van der Waals surface area contributed by atoms with Crippen LogP contribution in [0.3, 0.4) is 0 Å². The van der Waals surface area contributed by atoms with Crippen LogP contribution in [-0.2, 0) is 19.6 Å². The van der Waals surface area contributed by atoms with E-state index < -0.39 is 27.9 Å². The van der Waals surface area contributed by atoms with Crippen LogP contribution in [0.5, 0.6) is 0 Å². The highest BCUT2D eigenvalue weighted by atomic mass is 35.5. The fraction of sp³-hybridized carbons (Fsp3) is 0.516. The van der Waals surface area contributed by atoms with Gasteiger partial charge in [0.05, 0.1) is 42.4 Å². The van der Waals surface area contributed by atoms with Crippen LogP contribution in [0.25, 0.3) is 5.57 Å². The zero-order valence-electron chi connectivity index (χ0n) is 24.2. The number of halogens is 1. The molecule has 0 aromatic carbocycles. The molecule has 4 atom stereocenters. The average Bonchev–Trinajstić information content (AvgIpc) is 3.78. The van der Waals surface area contributed by atoms with E-state index in [4.69, 9.17) is 16.3 Å². The number of carboxylic acid groups (broad SMARTS) is 1. The number of ether oxygens (including phenoxy) is 1. The number of fused-ring (bicyclic) bond motifs is 2. The minimum absolute atomic E-state index is 0.0446. The minimum Gasteiger partial charge on any atom is -0.477 e. The van der Waals surface area contributed by atoms with E-state index in [1.54, 1.807) is 23.1 Å². The summed E-state index contributed by atoms with van der Waals surface area (Å²) in [6.45, 7) is 1.11. The van der Waals surface area contributed by atoms with E-state index in [0.717, 1.165) is 72.7 Å². The van der Waals surface area contributed by atoms with Gasteiger partial charge in [0.25, 0.3) is 0 Å². The monoisotopic (exact) mass is 658 g/mol. The third-order valence-electron chi connectivity index (χ3n) is 9.55. The Hall–Kier alpha value is -2.77. The third-order valence-corrected chi connectivity index (χ3v) is 12.8. The predicted octanol–water partition coefficient (Wildman–Crippen LogP) is 4.76. The smallest absolute Gasteiger partial charge is 0.348 e. The summed E-state index contributed by atoms with van der Waals surface area (Å²) in [6, 6.07) is 4.85. The molecule has 2 bridgehead atoms. The number of sulfonamides is 1. The number of alkyl halides is 1. The maximum Gasteiger partial charge on any atom is 0.348 e. The zero-order valence-corrected chi connectivity index (χ0v) is 26.6. The van der Waals surface area contributed by atoms with Crippen LogP contribution in [0.4, 0.5) is 11.5 Å². The van der Waals surface area contributed by atoms with Crippen LogP contribution >= 0.6 is 22.9 Å². The number of hydrogen-bond donors (Lipinski definition) is 1. The Morgan fingerprint density at radius 1 is 1.16 bits per heavy atom. The molecule has 44 heavy (non-hydrogen) atoms. The fourth-order valence-electron chi connectivity index (χ4n) is 7.30. The van der Waals surface area contributed by atoms with E-state index in [2.05, 4.69) is 9.88 Å². The highest BCUT2D eigenvalue weighted by Gasteiger charge is 2.45. The summed E-state index contributed by atoms with van der Waals surface area (Å²) in [7, 11) is -4.03. The molecule has 5 heterocycles. The number of hydrogen-bond acceptors (Lipinski definition) is 8. The Kier molecular flexibility index (Phi) is 8.07. The van der Waals surface area contributed by atoms with E-state index in [1.807, 2.05) is 18.2 Å². The average molecular weight is 659 g/mol. The van der Waals surface area contributed by atoms with Crippen molar-refractivity contribution in [3.8, 4) is 0 Å². The molecule has 13 heteroatoms. The van der Waals surface area contributed by atoms with Gasteiger partial charge in [-0.05, 0) is 55.4 Å². The van der Waals surface area contributed by atoms with E-state index >= 15 is 0 Å². The lowest BCUT2D eigenvalue weighted by Gasteiger charge is -2.44. The van der Waals surface area contributed by atoms with E-state index in [-0.39, 0.29) is 46.3 Å². The Morgan fingerprint density at radius 2 is 1.98 bits per heavy atom. The van der Waals surface area contributed by atoms with Gasteiger partial charge in [0.15, 0.2) is 0 Å². The molecule has 2 aromatic heterocycles. The molecule has 1 N–H and O–H groups in total. The number of aromatic nitrogens is 1. The van der Waals surface area contributed by atoms with Gasteiger partial charge in [-0.15, -0.1) is 22.9 Å². The number of carboxylic acids is 1. The van der Waals surface area contributed by atoms with Crippen molar-refractivity contribution in [2.75, 3.05) is 36.0 Å². The first kappa shape index (κ1) is 29.9. The van der Waals surface area contributed by atoms with Gasteiger partial charge in [0.2, 0.25) is 15.9 Å². The molecule has 5 aliphatic rings. The molecule has 3 saturated heterocycles. The summed E-state index contributed by atoms with van der Waals surface area (Å²) in [6.07, 6.45) is 13.7. The van der Waals surface area contributed by atoms with Gasteiger partial charge in [-0.2, -0.15) is 4.31 Å². The first-order valence-electron chi connectivity index (χ1n) is 15.3. The molecule has 0 radical (unpaired) electrons. The first-order chi connectivity index (χ1) is 21.2. The number of nitrogens with zero attached hydrogens (tertiary/aromatic N) is 4. The Bertz CT molecular complexity index is 1620. The van der Waals surface area contributed by atoms with E-state index in [0.29, 0.717) is 18.7 Å². The van der Waals surface area contributed by atoms with Crippen LogP contribution in [0.2, 0.25) is 0 Å². The van der Waals surface area contributed by atoms with Gasteiger partial charge in [0, 0.05) is 24.2 Å². The van der Waals surface area contributed by atoms with Gasteiger partial charge < -0.3 is 19.6 Å². The second-order valence-electron chi connectivity index (χ2n) is 12.3. The molecule has 234 valence electrons. The van der Waals surface area contributed by atoms with Crippen molar-refractivity contribution >= 4 is 61.9 Å². The van der Waals surface area contributed by atoms with Crippen molar-refractivity contribution in [2.24, 2.45) is 5.92 Å². The minimum atomic E-state index is -4.03. The molecule has 1 amide bonds. The van der Waals surface area contributed by atoms with Crippen molar-refractivity contribution in [3.05, 3.63) is 52.4 Å². The van der Waals surface area contributed by atoms with Crippen LogP contribution in [-0.4, -0.2) is 84.5 Å². The molecule has 2 aromatic rings. The number of carbonyl (C=O) groups is 2. The molecular formula is C31H35ClN4O6S2. The summed E-state index contributed by atoms with van der Waals surface area (Å²) in [5.41, 5.74) is 1.21. The summed E-state index contributed by atoms with van der Waals surface area (Å²) in [4.78, 5) is 35.6. The number of anilines is 2. The van der Waals surface area contributed by atoms with Crippen LogP contribution in [0.15, 0.2) is 47.5 Å². The lowest BCUT2D eigenvalue weighted by atomic mass is 9.82. The SMILES string of the molecule is O=C(O)c1sc(C2=CCC(Cl)C=C2)cc1N1C(=O)CN(S(=O)(=O)c2ccc(N3CC4CC3CO4)nc2)C[C@H]1C1CCCCC1. The van der Waals surface area contributed by atoms with Crippen molar-refractivity contribution in [3.63, 3.8) is 0 Å². The predicted molar refractivity (Wildman–Crippen MR) is 169 cm³/mol. The standard InChI is InChI=1S/C31H35ClN4O6S2/c32-21-8-6-20(7-9-21)27-13-25(30(43-27)31(38)39)36-26(19-4-2-1-3-5-19)16-34(17-29(36)37)44(40,41)24-10-11-28(33-14-24)35-15-23-12-22(35)18-42-23/h6-8,10-11,13-14,19,21-23,26H,1-5,9,12,15-18H2,(H,38,39)/t21?,22?,23?,26-/m0/s1. The first-order valence-corrected chi connectivity index (χ1v) is 17.9. The lowest BCUT2D eigenvalue weighted by molar-refractivity contribution is -0.121. The number of morpholine rings is 1. The van der Waals surface area contributed by atoms with Crippen molar-refractivity contribution < 1.29 is 27.9 Å². The van der Waals surface area contributed by atoms with Gasteiger partial charge in [-0.25, -0.2) is 18.2 Å². The van der Waals surface area contributed by atoms with Crippen molar-refractivity contribution in [1.82, 2.24) is 9.29 Å². The number of pyridine rings is 1. The molecule has 0 spiro atoms. The molecule has 4 fully saturated rings. The van der Waals surface area contributed by atoms with E-state index in [1.165, 1.54) is 10.5 Å². The molecule has 2 aliphatic carbocycles. The van der Waals surface area contributed by atoms with Crippen LogP contribution in [0.1, 0.15) is 59.5 Å². The normalized spacial score (nSPS) is 28.1. The van der Waals surface area contributed by atoms with E-state index in [9.17, 15) is 23.1 Å². The zero-order chi connectivity index (χ0) is 30.6. The highest BCUT2D eigenvalue weighted by Crippen LogP contribution is 2.42. The molecule has 3 aliphatic heterocycles. The largest absolute Gasteiger partial charge is 0.477 e. The van der Waals surface area contributed by atoms with Gasteiger partial charge >= 0.3 is 5.97 Å². The van der Waals surface area contributed by atoms with Crippen LogP contribution < -0.4 is 9.80 Å². The summed E-state index contributed by atoms with van der Waals surface area (Å²) >= 11 is 7.34. The molecule has 10 nitrogen and oxygen atoms in total. The Balaban J connectivity index is 1.19. The Labute approximate surface area is 266 Å². The van der Waals surface area contributed by atoms with Gasteiger partial charge in [-0.3, -0.25) is 4.79 Å². The molecule has 3 unspecified atom stereocenters. The lowest BCUT2D eigenvalue weighted by Crippen LogP contribution is -2.60. The molecule has 7 rings (SSSR count).